The fraction of sp³-hybridized carbons (Fsp3) is 0.867. The van der Waals surface area contributed by atoms with Gasteiger partial charge in [-0.15, -0.1) is 0 Å². The van der Waals surface area contributed by atoms with Gasteiger partial charge in [-0.3, -0.25) is 4.79 Å². The molecular weight excluding hydrogens is 224 g/mol. The maximum Gasteiger partial charge on any atom is 0.239 e. The summed E-state index contributed by atoms with van der Waals surface area (Å²) in [6, 6.07) is 2.06. The Bertz CT molecular complexity index is 333. The van der Waals surface area contributed by atoms with Gasteiger partial charge >= 0.3 is 0 Å². The van der Waals surface area contributed by atoms with E-state index in [0.29, 0.717) is 5.92 Å². The van der Waals surface area contributed by atoms with Crippen molar-refractivity contribution in [1.29, 1.82) is 5.26 Å². The fourth-order valence-corrected chi connectivity index (χ4v) is 2.98. The lowest BCUT2D eigenvalue weighted by molar-refractivity contribution is -0.127. The molecule has 0 atom stereocenters. The molecule has 1 aliphatic carbocycles. The molecule has 0 unspecified atom stereocenters. The van der Waals surface area contributed by atoms with Gasteiger partial charge in [-0.05, 0) is 44.4 Å². The number of nitriles is 1. The van der Waals surface area contributed by atoms with Gasteiger partial charge in [0, 0.05) is 6.54 Å². The Labute approximate surface area is 111 Å². The first-order chi connectivity index (χ1) is 8.31. The van der Waals surface area contributed by atoms with Crippen molar-refractivity contribution < 1.29 is 4.79 Å². The summed E-state index contributed by atoms with van der Waals surface area (Å²) in [5.41, 5.74) is -0.646. The second-order valence-electron chi connectivity index (χ2n) is 6.72. The van der Waals surface area contributed by atoms with Gasteiger partial charge in [0.25, 0.3) is 0 Å². The Kier molecular flexibility index (Phi) is 4.78. The molecular formula is C15H26N2O. The molecule has 1 fully saturated rings. The predicted molar refractivity (Wildman–Crippen MR) is 72.8 cm³/mol. The summed E-state index contributed by atoms with van der Waals surface area (Å²) in [6.07, 6.45) is 6.12. The molecule has 0 heterocycles. The zero-order valence-electron chi connectivity index (χ0n) is 12.2. The van der Waals surface area contributed by atoms with Crippen LogP contribution in [0.2, 0.25) is 0 Å². The fourth-order valence-electron chi connectivity index (χ4n) is 2.98. The van der Waals surface area contributed by atoms with Crippen molar-refractivity contribution in [3.05, 3.63) is 0 Å². The van der Waals surface area contributed by atoms with E-state index in [1.54, 1.807) is 13.8 Å². The van der Waals surface area contributed by atoms with Crippen molar-refractivity contribution in [3.8, 4) is 6.07 Å². The molecule has 0 saturated heterocycles. The van der Waals surface area contributed by atoms with Crippen LogP contribution in [0.5, 0.6) is 0 Å². The van der Waals surface area contributed by atoms with Gasteiger partial charge in [-0.2, -0.15) is 5.26 Å². The minimum absolute atomic E-state index is 0.139. The van der Waals surface area contributed by atoms with E-state index in [2.05, 4.69) is 25.2 Å². The van der Waals surface area contributed by atoms with E-state index < -0.39 is 5.41 Å². The van der Waals surface area contributed by atoms with E-state index >= 15 is 0 Å². The van der Waals surface area contributed by atoms with Crippen LogP contribution in [0.25, 0.3) is 0 Å². The van der Waals surface area contributed by atoms with Gasteiger partial charge in [-0.1, -0.05) is 26.7 Å². The maximum atomic E-state index is 11.9. The highest BCUT2D eigenvalue weighted by atomic mass is 16.2. The Morgan fingerprint density at radius 3 is 2.39 bits per heavy atom. The smallest absolute Gasteiger partial charge is 0.239 e. The van der Waals surface area contributed by atoms with E-state index in [9.17, 15) is 4.79 Å². The Hall–Kier alpha value is -1.04. The Morgan fingerprint density at radius 2 is 1.94 bits per heavy atom. The molecule has 3 heteroatoms. The van der Waals surface area contributed by atoms with Crippen LogP contribution in [0.1, 0.15) is 59.8 Å². The van der Waals surface area contributed by atoms with Crippen LogP contribution < -0.4 is 5.32 Å². The first-order valence-corrected chi connectivity index (χ1v) is 7.01. The van der Waals surface area contributed by atoms with Crippen molar-refractivity contribution in [2.24, 2.45) is 16.7 Å². The largest absolute Gasteiger partial charge is 0.354 e. The molecule has 0 aromatic rings. The quantitative estimate of drug-likeness (QED) is 0.814. The molecule has 18 heavy (non-hydrogen) atoms. The van der Waals surface area contributed by atoms with E-state index in [-0.39, 0.29) is 11.3 Å². The van der Waals surface area contributed by atoms with Crippen molar-refractivity contribution >= 4 is 5.91 Å². The monoisotopic (exact) mass is 250 g/mol. The maximum absolute atomic E-state index is 11.9. The van der Waals surface area contributed by atoms with E-state index in [1.807, 2.05) is 0 Å². The average Bonchev–Trinajstić information content (AvgIpc) is 2.74. The zero-order valence-corrected chi connectivity index (χ0v) is 12.2. The predicted octanol–water partition coefficient (Wildman–Crippen LogP) is 3.26. The summed E-state index contributed by atoms with van der Waals surface area (Å²) in [6.45, 7) is 8.55. The van der Waals surface area contributed by atoms with Gasteiger partial charge in [0.2, 0.25) is 5.91 Å². The van der Waals surface area contributed by atoms with Crippen molar-refractivity contribution in [1.82, 2.24) is 5.32 Å². The Morgan fingerprint density at radius 1 is 1.39 bits per heavy atom. The summed E-state index contributed by atoms with van der Waals surface area (Å²) in [4.78, 5) is 11.9. The second kappa shape index (κ2) is 5.73. The molecule has 0 aromatic heterocycles. The van der Waals surface area contributed by atoms with Crippen LogP contribution >= 0.6 is 0 Å². The van der Waals surface area contributed by atoms with E-state index in [4.69, 9.17) is 5.26 Å². The van der Waals surface area contributed by atoms with Crippen LogP contribution in [-0.4, -0.2) is 12.5 Å². The number of carbonyl (C=O) groups excluding carboxylic acids is 1. The number of nitrogens with zero attached hydrogens (tertiary/aromatic N) is 1. The van der Waals surface area contributed by atoms with Gasteiger partial charge in [0.1, 0.15) is 5.41 Å². The SMILES string of the molecule is CC(C)CC1(CNC(=O)C(C)(C)C#N)CCCC1. The van der Waals surface area contributed by atoms with Gasteiger partial charge in [-0.25, -0.2) is 0 Å². The molecule has 0 bridgehead atoms. The standard InChI is InChI=1S/C15H26N2O/c1-12(2)9-15(7-5-6-8-15)11-17-13(18)14(3,4)10-16/h12H,5-9,11H2,1-4H3,(H,17,18). The molecule has 1 amide bonds. The number of hydrogen-bond donors (Lipinski definition) is 1. The molecule has 1 rings (SSSR count). The molecule has 102 valence electrons. The summed E-state index contributed by atoms with van der Waals surface area (Å²) in [5, 5.41) is 12.0. The zero-order chi connectivity index (χ0) is 13.8. The van der Waals surface area contributed by atoms with Crippen LogP contribution in [0.15, 0.2) is 0 Å². The number of carbonyl (C=O) groups is 1. The minimum atomic E-state index is -0.919. The molecule has 0 radical (unpaired) electrons. The molecule has 1 saturated carbocycles. The molecule has 3 nitrogen and oxygen atoms in total. The molecule has 1 N–H and O–H groups in total. The summed E-state index contributed by atoms with van der Waals surface area (Å²) in [7, 11) is 0. The lowest BCUT2D eigenvalue weighted by Crippen LogP contribution is -2.42. The summed E-state index contributed by atoms with van der Waals surface area (Å²) < 4.78 is 0. The lowest BCUT2D eigenvalue weighted by Gasteiger charge is -2.32. The third kappa shape index (κ3) is 3.73. The summed E-state index contributed by atoms with van der Waals surface area (Å²) in [5.74, 6) is 0.518. The van der Waals surface area contributed by atoms with Crippen LogP contribution in [0, 0.1) is 28.1 Å². The number of amides is 1. The van der Waals surface area contributed by atoms with Gasteiger partial charge in [0.05, 0.1) is 6.07 Å². The van der Waals surface area contributed by atoms with Gasteiger partial charge in [0.15, 0.2) is 0 Å². The first-order valence-electron chi connectivity index (χ1n) is 7.01. The normalized spacial score (nSPS) is 18.7. The minimum Gasteiger partial charge on any atom is -0.354 e. The Balaban J connectivity index is 2.59. The molecule has 1 aliphatic rings. The third-order valence-electron chi connectivity index (χ3n) is 3.98. The molecule has 0 spiro atoms. The van der Waals surface area contributed by atoms with Crippen molar-refractivity contribution in [2.75, 3.05) is 6.54 Å². The summed E-state index contributed by atoms with van der Waals surface area (Å²) >= 11 is 0. The van der Waals surface area contributed by atoms with Crippen LogP contribution in [0.3, 0.4) is 0 Å². The number of hydrogen-bond acceptors (Lipinski definition) is 2. The van der Waals surface area contributed by atoms with Gasteiger partial charge < -0.3 is 5.32 Å². The second-order valence-corrected chi connectivity index (χ2v) is 6.72. The number of nitrogens with one attached hydrogen (secondary N) is 1. The topological polar surface area (TPSA) is 52.9 Å². The number of rotatable bonds is 5. The highest BCUT2D eigenvalue weighted by molar-refractivity contribution is 5.84. The van der Waals surface area contributed by atoms with Crippen LogP contribution in [-0.2, 0) is 4.79 Å². The van der Waals surface area contributed by atoms with Crippen LogP contribution in [0.4, 0.5) is 0 Å². The molecule has 0 aromatic carbocycles. The third-order valence-corrected chi connectivity index (χ3v) is 3.98. The highest BCUT2D eigenvalue weighted by Crippen LogP contribution is 2.42. The van der Waals surface area contributed by atoms with Crippen molar-refractivity contribution in [2.45, 2.75) is 59.8 Å². The van der Waals surface area contributed by atoms with E-state index in [0.717, 1.165) is 6.54 Å². The van der Waals surface area contributed by atoms with E-state index in [1.165, 1.54) is 32.1 Å². The lowest BCUT2D eigenvalue weighted by atomic mass is 9.78. The van der Waals surface area contributed by atoms with Crippen molar-refractivity contribution in [3.63, 3.8) is 0 Å². The first kappa shape index (κ1) is 15.0. The highest BCUT2D eigenvalue weighted by Gasteiger charge is 2.36. The molecule has 0 aliphatic heterocycles. The average molecular weight is 250 g/mol.